The summed E-state index contributed by atoms with van der Waals surface area (Å²) in [5, 5.41) is 4.97. The summed E-state index contributed by atoms with van der Waals surface area (Å²) in [7, 11) is 1.75. The highest BCUT2D eigenvalue weighted by Crippen LogP contribution is 2.33. The van der Waals surface area contributed by atoms with Crippen LogP contribution in [0.1, 0.15) is 0 Å². The second-order valence-corrected chi connectivity index (χ2v) is 6.88. The van der Waals surface area contributed by atoms with Crippen LogP contribution >= 0.6 is 11.8 Å². The van der Waals surface area contributed by atoms with E-state index in [9.17, 15) is 4.39 Å². The molecule has 3 heterocycles. The number of hydrogen-bond acceptors (Lipinski definition) is 6. The number of rotatable bonds is 2. The van der Waals surface area contributed by atoms with Gasteiger partial charge in [0.1, 0.15) is 11.6 Å². The van der Waals surface area contributed by atoms with Gasteiger partial charge < -0.3 is 10.6 Å². The minimum Gasteiger partial charge on any atom is -0.383 e. The first-order chi connectivity index (χ1) is 11.6. The first kappa shape index (κ1) is 15.2. The first-order valence-electron chi connectivity index (χ1n) is 7.73. The molecule has 124 valence electrons. The highest BCUT2D eigenvalue weighted by molar-refractivity contribution is 7.99. The Labute approximate surface area is 142 Å². The molecule has 0 atom stereocenters. The van der Waals surface area contributed by atoms with Crippen molar-refractivity contribution < 1.29 is 4.39 Å². The second kappa shape index (κ2) is 5.94. The Kier molecular flexibility index (Phi) is 3.76. The Hall–Kier alpha value is -2.35. The number of nitrogens with two attached hydrogens (primary N) is 1. The molecule has 0 bridgehead atoms. The second-order valence-electron chi connectivity index (χ2n) is 5.66. The van der Waals surface area contributed by atoms with E-state index in [4.69, 9.17) is 5.73 Å². The van der Waals surface area contributed by atoms with E-state index in [1.807, 2.05) is 11.8 Å². The zero-order chi connectivity index (χ0) is 16.7. The van der Waals surface area contributed by atoms with E-state index in [0.717, 1.165) is 24.6 Å². The van der Waals surface area contributed by atoms with Gasteiger partial charge in [-0.1, -0.05) is 12.1 Å². The molecule has 0 radical (unpaired) electrons. The molecule has 1 aliphatic rings. The predicted octanol–water partition coefficient (Wildman–Crippen LogP) is 2.30. The molecule has 4 rings (SSSR count). The number of aryl methyl sites for hydroxylation is 1. The molecule has 3 aromatic rings. The molecular weight excluding hydrogens is 327 g/mol. The van der Waals surface area contributed by atoms with Crippen LogP contribution in [0.15, 0.2) is 24.3 Å². The summed E-state index contributed by atoms with van der Waals surface area (Å²) in [6, 6.07) is 6.58. The number of nitrogens with zero attached hydrogens (tertiary/aromatic N) is 5. The van der Waals surface area contributed by atoms with Gasteiger partial charge in [0.05, 0.1) is 11.1 Å². The number of thioether (sulfide) groups is 1. The summed E-state index contributed by atoms with van der Waals surface area (Å²) in [5.74, 6) is 2.74. The average molecular weight is 344 g/mol. The van der Waals surface area contributed by atoms with E-state index >= 15 is 0 Å². The first-order valence-corrected chi connectivity index (χ1v) is 8.88. The summed E-state index contributed by atoms with van der Waals surface area (Å²) < 4.78 is 15.9. The van der Waals surface area contributed by atoms with E-state index in [-0.39, 0.29) is 5.82 Å². The molecule has 0 spiro atoms. The molecule has 1 aliphatic heterocycles. The lowest BCUT2D eigenvalue weighted by atomic mass is 10.1. The number of hydrogen-bond donors (Lipinski definition) is 1. The quantitative estimate of drug-likeness (QED) is 0.769. The van der Waals surface area contributed by atoms with Crippen molar-refractivity contribution in [2.24, 2.45) is 7.05 Å². The Morgan fingerprint density at radius 3 is 2.67 bits per heavy atom. The van der Waals surface area contributed by atoms with Gasteiger partial charge in [-0.25, -0.2) is 9.37 Å². The largest absolute Gasteiger partial charge is 0.383 e. The molecule has 1 saturated heterocycles. The van der Waals surface area contributed by atoms with E-state index in [1.165, 1.54) is 6.07 Å². The van der Waals surface area contributed by atoms with Gasteiger partial charge in [0.15, 0.2) is 5.65 Å². The fraction of sp³-hybridized carbons (Fsp3) is 0.312. The minimum absolute atomic E-state index is 0.332. The molecule has 1 fully saturated rings. The molecular formula is C16H17FN6S. The molecule has 0 unspecified atom stereocenters. The van der Waals surface area contributed by atoms with Gasteiger partial charge in [-0.15, -0.1) is 0 Å². The highest BCUT2D eigenvalue weighted by atomic mass is 32.2. The molecule has 6 nitrogen and oxygen atoms in total. The third-order valence-electron chi connectivity index (χ3n) is 4.15. The van der Waals surface area contributed by atoms with Gasteiger partial charge in [0.2, 0.25) is 5.95 Å². The van der Waals surface area contributed by atoms with Crippen LogP contribution in [-0.2, 0) is 7.05 Å². The van der Waals surface area contributed by atoms with Gasteiger partial charge in [0.25, 0.3) is 0 Å². The Balaban J connectivity index is 1.97. The van der Waals surface area contributed by atoms with Crippen LogP contribution in [0.3, 0.4) is 0 Å². The third kappa shape index (κ3) is 2.47. The van der Waals surface area contributed by atoms with E-state index in [1.54, 1.807) is 29.9 Å². The summed E-state index contributed by atoms with van der Waals surface area (Å²) >= 11 is 1.91. The third-order valence-corrected chi connectivity index (χ3v) is 5.09. The number of aromatic nitrogens is 4. The van der Waals surface area contributed by atoms with Gasteiger partial charge >= 0.3 is 0 Å². The molecule has 2 N–H and O–H groups in total. The standard InChI is InChI=1S/C16H17FN6S/c1-22-14(18)12-13(10-4-2-3-5-11(10)17)19-16(20-15(12)21-22)23-6-8-24-9-7-23/h2-5H,6-9,18H2,1H3. The van der Waals surface area contributed by atoms with Crippen LogP contribution in [0.2, 0.25) is 0 Å². The highest BCUT2D eigenvalue weighted by Gasteiger charge is 2.22. The predicted molar refractivity (Wildman–Crippen MR) is 95.6 cm³/mol. The van der Waals surface area contributed by atoms with E-state index in [0.29, 0.717) is 34.1 Å². The molecule has 2 aromatic heterocycles. The van der Waals surface area contributed by atoms with Gasteiger partial charge in [-0.05, 0) is 12.1 Å². The maximum atomic E-state index is 14.4. The monoisotopic (exact) mass is 344 g/mol. The fourth-order valence-electron chi connectivity index (χ4n) is 2.86. The molecule has 0 amide bonds. The summed E-state index contributed by atoms with van der Waals surface area (Å²) in [4.78, 5) is 11.3. The van der Waals surface area contributed by atoms with Crippen molar-refractivity contribution in [3.8, 4) is 11.3 Å². The minimum atomic E-state index is -0.332. The zero-order valence-electron chi connectivity index (χ0n) is 13.2. The number of benzene rings is 1. The van der Waals surface area contributed by atoms with Crippen molar-refractivity contribution in [3.63, 3.8) is 0 Å². The van der Waals surface area contributed by atoms with Crippen LogP contribution in [-0.4, -0.2) is 44.3 Å². The van der Waals surface area contributed by atoms with Crippen molar-refractivity contribution in [1.82, 2.24) is 19.7 Å². The van der Waals surface area contributed by atoms with Gasteiger partial charge in [0, 0.05) is 37.2 Å². The number of anilines is 2. The lowest BCUT2D eigenvalue weighted by Crippen LogP contribution is -2.33. The van der Waals surface area contributed by atoms with Crippen molar-refractivity contribution in [3.05, 3.63) is 30.1 Å². The maximum absolute atomic E-state index is 14.4. The molecule has 8 heteroatoms. The van der Waals surface area contributed by atoms with Gasteiger partial charge in [-0.3, -0.25) is 4.68 Å². The van der Waals surface area contributed by atoms with Crippen LogP contribution in [0.4, 0.5) is 16.2 Å². The number of fused-ring (bicyclic) bond motifs is 1. The summed E-state index contributed by atoms with van der Waals surface area (Å²) in [6.07, 6.45) is 0. The van der Waals surface area contributed by atoms with Gasteiger partial charge in [-0.2, -0.15) is 21.8 Å². The molecule has 0 aliphatic carbocycles. The van der Waals surface area contributed by atoms with Crippen molar-refractivity contribution in [2.75, 3.05) is 35.2 Å². The molecule has 24 heavy (non-hydrogen) atoms. The van der Waals surface area contributed by atoms with Crippen molar-refractivity contribution in [2.45, 2.75) is 0 Å². The lowest BCUT2D eigenvalue weighted by molar-refractivity contribution is 0.631. The Morgan fingerprint density at radius 2 is 1.92 bits per heavy atom. The van der Waals surface area contributed by atoms with E-state index < -0.39 is 0 Å². The van der Waals surface area contributed by atoms with Crippen LogP contribution in [0.25, 0.3) is 22.3 Å². The molecule has 1 aromatic carbocycles. The van der Waals surface area contributed by atoms with Crippen LogP contribution < -0.4 is 10.6 Å². The number of nitrogen functional groups attached to an aromatic ring is 1. The number of halogens is 1. The smallest absolute Gasteiger partial charge is 0.228 e. The SMILES string of the molecule is Cn1nc2nc(N3CCSCC3)nc(-c3ccccc3F)c2c1N. The summed E-state index contributed by atoms with van der Waals surface area (Å²) in [6.45, 7) is 1.74. The van der Waals surface area contributed by atoms with Crippen LogP contribution in [0, 0.1) is 5.82 Å². The Bertz CT molecular complexity index is 903. The zero-order valence-corrected chi connectivity index (χ0v) is 14.1. The molecule has 0 saturated carbocycles. The van der Waals surface area contributed by atoms with Crippen molar-refractivity contribution in [1.29, 1.82) is 0 Å². The fourth-order valence-corrected chi connectivity index (χ4v) is 3.76. The maximum Gasteiger partial charge on any atom is 0.228 e. The van der Waals surface area contributed by atoms with Crippen LogP contribution in [0.5, 0.6) is 0 Å². The lowest BCUT2D eigenvalue weighted by Gasteiger charge is -2.26. The van der Waals surface area contributed by atoms with E-state index in [2.05, 4.69) is 20.0 Å². The van der Waals surface area contributed by atoms with Crippen molar-refractivity contribution >= 4 is 34.6 Å². The Morgan fingerprint density at radius 1 is 1.17 bits per heavy atom. The average Bonchev–Trinajstić information content (AvgIpc) is 2.90. The topological polar surface area (TPSA) is 72.9 Å². The summed E-state index contributed by atoms with van der Waals surface area (Å²) in [5.41, 5.74) is 7.54. The normalized spacial score (nSPS) is 15.2.